The summed E-state index contributed by atoms with van der Waals surface area (Å²) in [5.41, 5.74) is 3.21. The summed E-state index contributed by atoms with van der Waals surface area (Å²) in [5, 5.41) is 5.76. The number of carbonyl (C=O) groups excluding carboxylic acids is 1. The molecule has 6 heteroatoms. The fourth-order valence-corrected chi connectivity index (χ4v) is 2.55. The standard InChI is InChI=1S/C19H21N5O/c1-14(23-19(25)22-13-18-21-10-11-24(18)2)15-5-7-16(8-6-15)17-4-3-9-20-12-17/h3-12,14H,13H2,1-2H3,(H2,22,23,25). The average molecular weight is 335 g/mol. The third kappa shape index (κ3) is 4.23. The van der Waals surface area contributed by atoms with Crippen LogP contribution < -0.4 is 10.6 Å². The van der Waals surface area contributed by atoms with Gasteiger partial charge >= 0.3 is 6.03 Å². The number of imidazole rings is 1. The molecule has 0 aliphatic rings. The molecule has 0 bridgehead atoms. The van der Waals surface area contributed by atoms with Crippen molar-refractivity contribution >= 4 is 6.03 Å². The minimum absolute atomic E-state index is 0.0932. The van der Waals surface area contributed by atoms with Crippen LogP contribution in [0.25, 0.3) is 11.1 Å². The summed E-state index contributed by atoms with van der Waals surface area (Å²) in [5.74, 6) is 0.809. The highest BCUT2D eigenvalue weighted by Gasteiger charge is 2.10. The predicted octanol–water partition coefficient (Wildman–Crippen LogP) is 3.04. The summed E-state index contributed by atoms with van der Waals surface area (Å²) in [7, 11) is 1.90. The molecule has 0 aliphatic heterocycles. The first kappa shape index (κ1) is 16.7. The van der Waals surface area contributed by atoms with E-state index in [0.29, 0.717) is 6.54 Å². The van der Waals surface area contributed by atoms with E-state index in [-0.39, 0.29) is 12.1 Å². The lowest BCUT2D eigenvalue weighted by Crippen LogP contribution is -2.37. The summed E-state index contributed by atoms with van der Waals surface area (Å²) in [4.78, 5) is 20.4. The van der Waals surface area contributed by atoms with E-state index < -0.39 is 0 Å². The number of benzene rings is 1. The van der Waals surface area contributed by atoms with E-state index in [2.05, 4.69) is 20.6 Å². The van der Waals surface area contributed by atoms with Gasteiger partial charge in [-0.15, -0.1) is 0 Å². The molecule has 0 fully saturated rings. The molecule has 0 spiro atoms. The number of amides is 2. The fourth-order valence-electron chi connectivity index (χ4n) is 2.55. The number of hydrogen-bond donors (Lipinski definition) is 2. The molecule has 2 N–H and O–H groups in total. The molecule has 1 atom stereocenters. The monoisotopic (exact) mass is 335 g/mol. The van der Waals surface area contributed by atoms with E-state index in [1.807, 2.05) is 67.3 Å². The van der Waals surface area contributed by atoms with Crippen LogP contribution in [0.15, 0.2) is 61.2 Å². The first-order valence-electron chi connectivity index (χ1n) is 8.14. The van der Waals surface area contributed by atoms with Crippen LogP contribution in [0.4, 0.5) is 4.79 Å². The molecule has 1 unspecified atom stereocenters. The summed E-state index contributed by atoms with van der Waals surface area (Å²) >= 11 is 0. The lowest BCUT2D eigenvalue weighted by Gasteiger charge is -2.15. The van der Waals surface area contributed by atoms with Crippen LogP contribution >= 0.6 is 0 Å². The zero-order valence-corrected chi connectivity index (χ0v) is 14.3. The van der Waals surface area contributed by atoms with E-state index >= 15 is 0 Å². The Morgan fingerprint density at radius 3 is 2.60 bits per heavy atom. The van der Waals surface area contributed by atoms with Crippen molar-refractivity contribution in [1.82, 2.24) is 25.2 Å². The highest BCUT2D eigenvalue weighted by molar-refractivity contribution is 5.74. The Morgan fingerprint density at radius 2 is 1.96 bits per heavy atom. The molecule has 0 aliphatic carbocycles. The van der Waals surface area contributed by atoms with Gasteiger partial charge in [-0.3, -0.25) is 4.98 Å². The van der Waals surface area contributed by atoms with Crippen molar-refractivity contribution in [2.45, 2.75) is 19.5 Å². The summed E-state index contributed by atoms with van der Waals surface area (Å²) < 4.78 is 1.88. The molecule has 2 aromatic heterocycles. The van der Waals surface area contributed by atoms with Crippen molar-refractivity contribution in [2.24, 2.45) is 7.05 Å². The third-order valence-electron chi connectivity index (χ3n) is 4.08. The van der Waals surface area contributed by atoms with Gasteiger partial charge in [0.25, 0.3) is 0 Å². The Labute approximate surface area is 146 Å². The smallest absolute Gasteiger partial charge is 0.315 e. The zero-order chi connectivity index (χ0) is 17.6. The van der Waals surface area contributed by atoms with Crippen LogP contribution in [0, 0.1) is 0 Å². The topological polar surface area (TPSA) is 71.8 Å². The molecule has 128 valence electrons. The van der Waals surface area contributed by atoms with E-state index in [1.165, 1.54) is 0 Å². The number of carbonyl (C=O) groups is 1. The number of nitrogens with zero attached hydrogens (tertiary/aromatic N) is 3. The number of hydrogen-bond acceptors (Lipinski definition) is 3. The molecule has 3 rings (SSSR count). The normalized spacial score (nSPS) is 11.8. The Kier molecular flexibility index (Phi) is 5.09. The Hall–Kier alpha value is -3.15. The molecule has 2 amide bonds. The second-order valence-electron chi connectivity index (χ2n) is 5.87. The number of rotatable bonds is 5. The largest absolute Gasteiger partial charge is 0.337 e. The van der Waals surface area contributed by atoms with Gasteiger partial charge in [0.1, 0.15) is 5.82 Å². The van der Waals surface area contributed by atoms with Crippen molar-refractivity contribution in [1.29, 1.82) is 0 Å². The van der Waals surface area contributed by atoms with Crippen LogP contribution in [-0.2, 0) is 13.6 Å². The molecule has 2 heterocycles. The van der Waals surface area contributed by atoms with Gasteiger partial charge in [-0.1, -0.05) is 30.3 Å². The van der Waals surface area contributed by atoms with Gasteiger partial charge < -0.3 is 15.2 Å². The van der Waals surface area contributed by atoms with E-state index in [4.69, 9.17) is 0 Å². The molecular formula is C19H21N5O. The summed E-state index contributed by atoms with van der Waals surface area (Å²) in [6.45, 7) is 2.35. The highest BCUT2D eigenvalue weighted by Crippen LogP contribution is 2.21. The van der Waals surface area contributed by atoms with Crippen molar-refractivity contribution in [2.75, 3.05) is 0 Å². The SMILES string of the molecule is CC(NC(=O)NCc1nccn1C)c1ccc(-c2cccnc2)cc1. The molecule has 0 saturated heterocycles. The van der Waals surface area contributed by atoms with Gasteiger partial charge in [-0.05, 0) is 29.7 Å². The van der Waals surface area contributed by atoms with Crippen LogP contribution in [-0.4, -0.2) is 20.6 Å². The maximum Gasteiger partial charge on any atom is 0.315 e. The summed E-state index contributed by atoms with van der Waals surface area (Å²) in [6, 6.07) is 11.7. The van der Waals surface area contributed by atoms with Gasteiger partial charge in [0.05, 0.1) is 12.6 Å². The van der Waals surface area contributed by atoms with Crippen molar-refractivity contribution in [3.63, 3.8) is 0 Å². The van der Waals surface area contributed by atoms with Gasteiger partial charge in [0, 0.05) is 31.8 Å². The molecule has 0 saturated carbocycles. The van der Waals surface area contributed by atoms with Crippen molar-refractivity contribution in [3.8, 4) is 11.1 Å². The van der Waals surface area contributed by atoms with Crippen molar-refractivity contribution < 1.29 is 4.79 Å². The lowest BCUT2D eigenvalue weighted by molar-refractivity contribution is 0.237. The Morgan fingerprint density at radius 1 is 1.16 bits per heavy atom. The number of nitrogens with one attached hydrogen (secondary N) is 2. The molecule has 25 heavy (non-hydrogen) atoms. The van der Waals surface area contributed by atoms with E-state index in [1.54, 1.807) is 12.4 Å². The van der Waals surface area contributed by atoms with Crippen LogP contribution in [0.3, 0.4) is 0 Å². The molecule has 6 nitrogen and oxygen atoms in total. The quantitative estimate of drug-likeness (QED) is 0.753. The molecule has 3 aromatic rings. The van der Waals surface area contributed by atoms with Crippen LogP contribution in [0.1, 0.15) is 24.4 Å². The maximum absolute atomic E-state index is 12.1. The van der Waals surface area contributed by atoms with Crippen molar-refractivity contribution in [3.05, 3.63) is 72.6 Å². The Bertz CT molecular complexity index is 827. The van der Waals surface area contributed by atoms with Gasteiger partial charge in [0.2, 0.25) is 0 Å². The highest BCUT2D eigenvalue weighted by atomic mass is 16.2. The molecule has 1 aromatic carbocycles. The number of aromatic nitrogens is 3. The van der Waals surface area contributed by atoms with E-state index in [9.17, 15) is 4.79 Å². The maximum atomic E-state index is 12.1. The van der Waals surface area contributed by atoms with Gasteiger partial charge in [0.15, 0.2) is 0 Å². The lowest BCUT2D eigenvalue weighted by atomic mass is 10.0. The van der Waals surface area contributed by atoms with E-state index in [0.717, 1.165) is 22.5 Å². The zero-order valence-electron chi connectivity index (χ0n) is 14.3. The first-order chi connectivity index (χ1) is 12.1. The summed E-state index contributed by atoms with van der Waals surface area (Å²) in [6.07, 6.45) is 7.15. The second-order valence-corrected chi connectivity index (χ2v) is 5.87. The molecule has 0 radical (unpaired) electrons. The second kappa shape index (κ2) is 7.61. The predicted molar refractivity (Wildman–Crippen MR) is 96.7 cm³/mol. The average Bonchev–Trinajstić information content (AvgIpc) is 3.06. The minimum atomic E-state index is -0.216. The number of pyridine rings is 1. The minimum Gasteiger partial charge on any atom is -0.337 e. The first-order valence-corrected chi connectivity index (χ1v) is 8.14. The number of aryl methyl sites for hydroxylation is 1. The van der Waals surface area contributed by atoms with Crippen LogP contribution in [0.5, 0.6) is 0 Å². The van der Waals surface area contributed by atoms with Gasteiger partial charge in [-0.2, -0.15) is 0 Å². The van der Waals surface area contributed by atoms with Gasteiger partial charge in [-0.25, -0.2) is 9.78 Å². The third-order valence-corrected chi connectivity index (χ3v) is 4.08. The molecular weight excluding hydrogens is 314 g/mol. The fraction of sp³-hybridized carbons (Fsp3) is 0.211. The number of urea groups is 1. The van der Waals surface area contributed by atoms with Crippen LogP contribution in [0.2, 0.25) is 0 Å². The Balaban J connectivity index is 1.56.